The van der Waals surface area contributed by atoms with Gasteiger partial charge in [0, 0.05) is 13.3 Å². The van der Waals surface area contributed by atoms with E-state index in [0.29, 0.717) is 6.42 Å². The maximum atomic E-state index is 12.3. The molecule has 0 aromatic carbocycles. The van der Waals surface area contributed by atoms with Crippen LogP contribution in [0.25, 0.3) is 0 Å². The zero-order valence-corrected chi connectivity index (χ0v) is 22.9. The molecule has 1 heterocycles. The number of rotatable bonds is 20. The van der Waals surface area contributed by atoms with E-state index in [1.807, 2.05) is 0 Å². The average molecular weight is 545 g/mol. The smallest absolute Gasteiger partial charge is 0.306 e. The van der Waals surface area contributed by atoms with Crippen LogP contribution in [0.3, 0.4) is 0 Å². The molecule has 6 atom stereocenters. The van der Waals surface area contributed by atoms with Gasteiger partial charge in [-0.3, -0.25) is 9.59 Å². The first kappa shape index (κ1) is 34.2. The van der Waals surface area contributed by atoms with Crippen molar-refractivity contribution in [3.05, 3.63) is 24.3 Å². The highest BCUT2D eigenvalue weighted by atomic mass is 16.7. The molecular formula is C28H48O10. The van der Waals surface area contributed by atoms with Crippen molar-refractivity contribution in [1.82, 2.24) is 0 Å². The number of allylic oxidation sites excluding steroid dienone is 4. The minimum Gasteiger partial charge on any atom is -0.462 e. The Morgan fingerprint density at radius 2 is 1.53 bits per heavy atom. The molecule has 4 N–H and O–H groups in total. The number of carbonyl (C=O) groups is 2. The largest absolute Gasteiger partial charge is 0.462 e. The van der Waals surface area contributed by atoms with Gasteiger partial charge in [-0.15, -0.1) is 0 Å². The molecule has 1 rings (SSSR count). The highest BCUT2D eigenvalue weighted by Gasteiger charge is 2.44. The molecule has 10 nitrogen and oxygen atoms in total. The number of ether oxygens (including phenoxy) is 4. The summed E-state index contributed by atoms with van der Waals surface area (Å²) >= 11 is 0. The lowest BCUT2D eigenvalue weighted by Crippen LogP contribution is -2.59. The Morgan fingerprint density at radius 3 is 2.18 bits per heavy atom. The number of carbonyl (C=O) groups excluding carboxylic acids is 2. The summed E-state index contributed by atoms with van der Waals surface area (Å²) < 4.78 is 21.0. The van der Waals surface area contributed by atoms with Crippen LogP contribution in [0, 0.1) is 0 Å². The lowest BCUT2D eigenvalue weighted by Gasteiger charge is -2.39. The van der Waals surface area contributed by atoms with Gasteiger partial charge in [0.2, 0.25) is 0 Å². The standard InChI is InChI=1S/C28H48O10/c1-3-4-5-6-7-8-9-10-11-12-13-14-15-16-17-24(31)37-22(19-35-21(2)30)20-36-28-27(34)26(33)25(32)23(18-29)38-28/h6-7,9-10,22-23,25-29,32-34H,3-5,8,11-20H2,1-2H3/b7-6-,10-9-. The van der Waals surface area contributed by atoms with Crippen molar-refractivity contribution >= 4 is 11.9 Å². The van der Waals surface area contributed by atoms with Gasteiger partial charge in [0.1, 0.15) is 31.0 Å². The van der Waals surface area contributed by atoms with Crippen molar-refractivity contribution in [3.8, 4) is 0 Å². The van der Waals surface area contributed by atoms with E-state index in [2.05, 4.69) is 31.2 Å². The summed E-state index contributed by atoms with van der Waals surface area (Å²) in [5.41, 5.74) is 0. The average Bonchev–Trinajstić information content (AvgIpc) is 2.89. The Balaban J connectivity index is 2.28. The highest BCUT2D eigenvalue weighted by molar-refractivity contribution is 5.69. The van der Waals surface area contributed by atoms with E-state index in [1.54, 1.807) is 0 Å². The van der Waals surface area contributed by atoms with Crippen LogP contribution in [0.1, 0.15) is 84.5 Å². The Labute approximate surface area is 226 Å². The summed E-state index contributed by atoms with van der Waals surface area (Å²) in [5, 5.41) is 39.1. The zero-order valence-electron chi connectivity index (χ0n) is 22.9. The first-order valence-corrected chi connectivity index (χ1v) is 13.8. The van der Waals surface area contributed by atoms with Gasteiger partial charge in [0.15, 0.2) is 12.4 Å². The van der Waals surface area contributed by atoms with Gasteiger partial charge >= 0.3 is 11.9 Å². The molecule has 6 unspecified atom stereocenters. The van der Waals surface area contributed by atoms with Crippen molar-refractivity contribution in [2.24, 2.45) is 0 Å². The number of aliphatic hydroxyl groups excluding tert-OH is 4. The van der Waals surface area contributed by atoms with Crippen molar-refractivity contribution < 1.29 is 49.0 Å². The number of aliphatic hydroxyl groups is 4. The van der Waals surface area contributed by atoms with Crippen LogP contribution in [-0.2, 0) is 28.5 Å². The monoisotopic (exact) mass is 544 g/mol. The molecule has 1 aliphatic heterocycles. The van der Waals surface area contributed by atoms with Gasteiger partial charge in [0.05, 0.1) is 13.2 Å². The molecule has 38 heavy (non-hydrogen) atoms. The molecule has 1 saturated heterocycles. The SMILES string of the molecule is CCCC/C=C\C/C=C\CCCCCCCC(=O)OC(COC(C)=O)COC1OC(CO)C(O)C(O)C1O. The summed E-state index contributed by atoms with van der Waals surface area (Å²) in [6, 6.07) is 0. The van der Waals surface area contributed by atoms with Crippen LogP contribution >= 0.6 is 0 Å². The van der Waals surface area contributed by atoms with Crippen LogP contribution in [0.5, 0.6) is 0 Å². The van der Waals surface area contributed by atoms with Crippen molar-refractivity contribution in [2.45, 2.75) is 121 Å². The number of esters is 2. The first-order valence-electron chi connectivity index (χ1n) is 13.8. The van der Waals surface area contributed by atoms with Gasteiger partial charge in [0.25, 0.3) is 0 Å². The highest BCUT2D eigenvalue weighted by Crippen LogP contribution is 2.22. The number of unbranched alkanes of at least 4 members (excludes halogenated alkanes) is 7. The Hall–Kier alpha value is -1.82. The molecule has 0 saturated carbocycles. The predicted molar refractivity (Wildman–Crippen MR) is 141 cm³/mol. The van der Waals surface area contributed by atoms with Gasteiger partial charge in [-0.05, 0) is 32.1 Å². The second kappa shape index (κ2) is 21.1. The van der Waals surface area contributed by atoms with E-state index in [1.165, 1.54) is 19.8 Å². The van der Waals surface area contributed by atoms with Crippen LogP contribution in [-0.4, -0.2) is 89.0 Å². The summed E-state index contributed by atoms with van der Waals surface area (Å²) in [5.74, 6) is -1.02. The van der Waals surface area contributed by atoms with Crippen LogP contribution in [0.4, 0.5) is 0 Å². The molecule has 0 bridgehead atoms. The number of hydrogen-bond acceptors (Lipinski definition) is 10. The normalized spacial score (nSPS) is 24.6. The van der Waals surface area contributed by atoms with E-state index < -0.39 is 55.4 Å². The fourth-order valence-corrected chi connectivity index (χ4v) is 3.87. The van der Waals surface area contributed by atoms with Crippen molar-refractivity contribution in [1.29, 1.82) is 0 Å². The summed E-state index contributed by atoms with van der Waals surface area (Å²) in [6.45, 7) is 2.28. The fourth-order valence-electron chi connectivity index (χ4n) is 3.87. The molecular weight excluding hydrogens is 496 g/mol. The summed E-state index contributed by atoms with van der Waals surface area (Å²) in [4.78, 5) is 23.5. The predicted octanol–water partition coefficient (Wildman–Crippen LogP) is 2.70. The molecule has 220 valence electrons. The van der Waals surface area contributed by atoms with Crippen LogP contribution in [0.2, 0.25) is 0 Å². The van der Waals surface area contributed by atoms with Crippen molar-refractivity contribution in [2.75, 3.05) is 19.8 Å². The van der Waals surface area contributed by atoms with Gasteiger partial charge in [-0.25, -0.2) is 0 Å². The third-order valence-electron chi connectivity index (χ3n) is 6.15. The second-order valence-electron chi connectivity index (χ2n) is 9.57. The summed E-state index contributed by atoms with van der Waals surface area (Å²) in [6.07, 6.45) is 11.4. The minimum absolute atomic E-state index is 0.209. The van der Waals surface area contributed by atoms with E-state index in [9.17, 15) is 30.0 Å². The molecule has 0 aromatic heterocycles. The Bertz CT molecular complexity index is 693. The van der Waals surface area contributed by atoms with E-state index >= 15 is 0 Å². The molecule has 0 radical (unpaired) electrons. The van der Waals surface area contributed by atoms with E-state index in [0.717, 1.165) is 44.9 Å². The Kier molecular flexibility index (Phi) is 19.0. The Morgan fingerprint density at radius 1 is 0.868 bits per heavy atom. The van der Waals surface area contributed by atoms with Gasteiger partial charge in [-0.2, -0.15) is 0 Å². The minimum atomic E-state index is -1.59. The van der Waals surface area contributed by atoms with E-state index in [4.69, 9.17) is 18.9 Å². The third kappa shape index (κ3) is 14.9. The fraction of sp³-hybridized carbons (Fsp3) is 0.786. The lowest BCUT2D eigenvalue weighted by molar-refractivity contribution is -0.305. The maximum Gasteiger partial charge on any atom is 0.306 e. The molecule has 0 aromatic rings. The quantitative estimate of drug-likeness (QED) is 0.102. The van der Waals surface area contributed by atoms with Gasteiger partial charge in [-0.1, -0.05) is 63.3 Å². The topological polar surface area (TPSA) is 152 Å². The molecule has 1 fully saturated rings. The van der Waals surface area contributed by atoms with Gasteiger partial charge < -0.3 is 39.4 Å². The van der Waals surface area contributed by atoms with E-state index in [-0.39, 0.29) is 19.6 Å². The molecule has 10 heteroatoms. The molecule has 1 aliphatic rings. The number of hydrogen-bond donors (Lipinski definition) is 4. The summed E-state index contributed by atoms with van der Waals surface area (Å²) in [7, 11) is 0. The third-order valence-corrected chi connectivity index (χ3v) is 6.15. The lowest BCUT2D eigenvalue weighted by atomic mass is 9.99. The maximum absolute atomic E-state index is 12.3. The van der Waals surface area contributed by atoms with Crippen LogP contribution < -0.4 is 0 Å². The second-order valence-corrected chi connectivity index (χ2v) is 9.57. The zero-order chi connectivity index (χ0) is 28.2. The first-order chi connectivity index (χ1) is 18.3. The molecule has 0 amide bonds. The van der Waals surface area contributed by atoms with Crippen LogP contribution in [0.15, 0.2) is 24.3 Å². The molecule has 0 aliphatic carbocycles. The van der Waals surface area contributed by atoms with Crippen molar-refractivity contribution in [3.63, 3.8) is 0 Å². The molecule has 0 spiro atoms.